The van der Waals surface area contributed by atoms with Crippen molar-refractivity contribution in [2.24, 2.45) is 0 Å². The molecule has 32 heavy (non-hydrogen) atoms. The number of thioether (sulfide) groups is 1. The van der Waals surface area contributed by atoms with Crippen molar-refractivity contribution < 1.29 is 22.7 Å². The molecule has 2 N–H and O–H groups in total. The third-order valence-corrected chi connectivity index (χ3v) is 6.23. The molecular weight excluding hydrogens is 443 g/mol. The van der Waals surface area contributed by atoms with Crippen molar-refractivity contribution in [3.05, 3.63) is 65.5 Å². The van der Waals surface area contributed by atoms with Gasteiger partial charge in [-0.25, -0.2) is 4.68 Å². The molecule has 1 amide bonds. The highest BCUT2D eigenvalue weighted by atomic mass is 32.2. The van der Waals surface area contributed by atoms with Gasteiger partial charge in [-0.15, -0.1) is 10.2 Å². The van der Waals surface area contributed by atoms with Crippen molar-refractivity contribution in [1.29, 1.82) is 0 Å². The molecule has 0 unspecified atom stereocenters. The van der Waals surface area contributed by atoms with Crippen molar-refractivity contribution in [3.63, 3.8) is 0 Å². The van der Waals surface area contributed by atoms with Crippen molar-refractivity contribution in [1.82, 2.24) is 14.9 Å². The Bertz CT molecular complexity index is 1120. The van der Waals surface area contributed by atoms with E-state index >= 15 is 0 Å². The van der Waals surface area contributed by atoms with Gasteiger partial charge in [-0.05, 0) is 35.9 Å². The first-order valence-electron chi connectivity index (χ1n) is 9.79. The highest BCUT2D eigenvalue weighted by Crippen LogP contribution is 2.38. The summed E-state index contributed by atoms with van der Waals surface area (Å²) < 4.78 is 46.1. The van der Waals surface area contributed by atoms with Crippen molar-refractivity contribution in [2.45, 2.75) is 36.0 Å². The minimum Gasteiger partial charge on any atom is -0.497 e. The van der Waals surface area contributed by atoms with Crippen LogP contribution in [0.15, 0.2) is 53.7 Å². The molecular formula is C21H20F3N5O2S. The van der Waals surface area contributed by atoms with E-state index in [1.165, 1.54) is 23.9 Å². The topological polar surface area (TPSA) is 81.1 Å². The molecule has 2 heterocycles. The normalized spacial score (nSPS) is 17.9. The summed E-state index contributed by atoms with van der Waals surface area (Å²) in [5.41, 5.74) is 3.34. The van der Waals surface area contributed by atoms with Crippen LogP contribution in [0.3, 0.4) is 0 Å². The molecule has 1 aliphatic rings. The second-order valence-electron chi connectivity index (χ2n) is 7.07. The molecule has 2 aromatic carbocycles. The molecule has 2 atom stereocenters. The Labute approximate surface area is 186 Å². The summed E-state index contributed by atoms with van der Waals surface area (Å²) in [7, 11) is 1.56. The Hall–Kier alpha value is -3.21. The van der Waals surface area contributed by atoms with Gasteiger partial charge in [-0.3, -0.25) is 4.79 Å². The Morgan fingerprint density at radius 3 is 2.62 bits per heavy atom. The van der Waals surface area contributed by atoms with Crippen LogP contribution in [-0.2, 0) is 17.4 Å². The van der Waals surface area contributed by atoms with Gasteiger partial charge in [0.15, 0.2) is 5.82 Å². The smallest absolute Gasteiger partial charge is 0.416 e. The zero-order chi connectivity index (χ0) is 22.9. The molecule has 4 rings (SSSR count). The summed E-state index contributed by atoms with van der Waals surface area (Å²) in [6, 6.07) is 11.3. The van der Waals surface area contributed by atoms with E-state index in [-0.39, 0.29) is 5.69 Å². The fourth-order valence-corrected chi connectivity index (χ4v) is 4.47. The number of aromatic nitrogens is 3. The molecule has 0 saturated heterocycles. The van der Waals surface area contributed by atoms with Crippen LogP contribution in [0.4, 0.5) is 18.9 Å². The number of carbonyl (C=O) groups excluding carboxylic acids is 1. The summed E-state index contributed by atoms with van der Waals surface area (Å²) in [5, 5.41) is 10.7. The van der Waals surface area contributed by atoms with Crippen LogP contribution in [0.5, 0.6) is 5.75 Å². The van der Waals surface area contributed by atoms with Gasteiger partial charge >= 0.3 is 6.18 Å². The fraction of sp³-hybridized carbons (Fsp3) is 0.286. The van der Waals surface area contributed by atoms with Crippen LogP contribution < -0.4 is 15.5 Å². The third-order valence-electron chi connectivity index (χ3n) is 5.01. The number of benzene rings is 2. The number of anilines is 1. The number of rotatable bonds is 5. The number of ether oxygens (including phenoxy) is 1. The molecule has 7 nitrogen and oxygen atoms in total. The van der Waals surface area contributed by atoms with Crippen molar-refractivity contribution in [2.75, 3.05) is 17.9 Å². The first-order chi connectivity index (χ1) is 15.3. The molecule has 0 bridgehead atoms. The molecule has 0 radical (unpaired) electrons. The number of fused-ring (bicyclic) bond motifs is 1. The van der Waals surface area contributed by atoms with Gasteiger partial charge < -0.3 is 15.5 Å². The SMILES string of the molecule is CCc1nnc2n1N[C@H](c1ccc(OC)cc1)[C@@H](C(=O)Nc1cccc(C(F)(F)F)c1)S2. The standard InChI is InChI=1S/C21H20F3N5O2S/c1-3-16-26-27-20-29(16)28-17(12-7-9-15(31-2)10-8-12)18(32-20)19(30)25-14-6-4-5-13(11-14)21(22,23)24/h4-11,17-18,28H,3H2,1-2H3,(H,25,30)/t17-,18+/m1/s1. The largest absolute Gasteiger partial charge is 0.497 e. The number of nitrogens with zero attached hydrogens (tertiary/aromatic N) is 3. The van der Waals surface area contributed by atoms with Gasteiger partial charge in [0.25, 0.3) is 0 Å². The molecule has 0 spiro atoms. The zero-order valence-corrected chi connectivity index (χ0v) is 18.0. The highest BCUT2D eigenvalue weighted by Gasteiger charge is 2.38. The summed E-state index contributed by atoms with van der Waals surface area (Å²) >= 11 is 1.20. The Kier molecular flexibility index (Phi) is 6.00. The predicted molar refractivity (Wildman–Crippen MR) is 114 cm³/mol. The maximum atomic E-state index is 13.2. The predicted octanol–water partition coefficient (Wildman–Crippen LogP) is 4.27. The van der Waals surface area contributed by atoms with Crippen molar-refractivity contribution in [3.8, 4) is 5.75 Å². The zero-order valence-electron chi connectivity index (χ0n) is 17.2. The van der Waals surface area contributed by atoms with Crippen molar-refractivity contribution >= 4 is 23.4 Å². The number of alkyl halides is 3. The third kappa shape index (κ3) is 4.38. The highest BCUT2D eigenvalue weighted by molar-refractivity contribution is 8.00. The number of hydrogen-bond donors (Lipinski definition) is 2. The van der Waals surface area contributed by atoms with E-state index in [9.17, 15) is 18.0 Å². The maximum absolute atomic E-state index is 13.2. The Morgan fingerprint density at radius 1 is 1.22 bits per heavy atom. The number of hydrogen-bond acceptors (Lipinski definition) is 6. The van der Waals surface area contributed by atoms with Crippen LogP contribution in [0.2, 0.25) is 0 Å². The minimum atomic E-state index is -4.50. The lowest BCUT2D eigenvalue weighted by Gasteiger charge is -2.33. The number of nitrogens with one attached hydrogen (secondary N) is 2. The average molecular weight is 463 g/mol. The average Bonchev–Trinajstić information content (AvgIpc) is 3.20. The fourth-order valence-electron chi connectivity index (χ4n) is 3.38. The van der Waals surface area contributed by atoms with E-state index in [1.54, 1.807) is 23.9 Å². The van der Waals surface area contributed by atoms with Crippen LogP contribution >= 0.6 is 11.8 Å². The van der Waals surface area contributed by atoms with Gasteiger partial charge in [0, 0.05) is 12.1 Å². The van der Waals surface area contributed by atoms with E-state index in [4.69, 9.17) is 4.74 Å². The quantitative estimate of drug-likeness (QED) is 0.588. The number of amides is 1. The molecule has 168 valence electrons. The number of aryl methyl sites for hydroxylation is 1. The van der Waals surface area contributed by atoms with Crippen LogP contribution in [0, 0.1) is 0 Å². The molecule has 1 aliphatic heterocycles. The molecule has 1 aromatic heterocycles. The lowest BCUT2D eigenvalue weighted by Crippen LogP contribution is -2.41. The lowest BCUT2D eigenvalue weighted by molar-refractivity contribution is -0.137. The van der Waals surface area contributed by atoms with E-state index in [1.807, 2.05) is 19.1 Å². The summed E-state index contributed by atoms with van der Waals surface area (Å²) in [4.78, 5) is 13.2. The van der Waals surface area contributed by atoms with Crippen LogP contribution in [-0.4, -0.2) is 33.1 Å². The van der Waals surface area contributed by atoms with E-state index in [0.29, 0.717) is 23.2 Å². The molecule has 0 saturated carbocycles. The number of carbonyl (C=O) groups is 1. The van der Waals surface area contributed by atoms with Gasteiger partial charge in [0.05, 0.1) is 18.7 Å². The van der Waals surface area contributed by atoms with Gasteiger partial charge in [0.1, 0.15) is 11.0 Å². The summed E-state index contributed by atoms with van der Waals surface area (Å²) in [5.74, 6) is 0.930. The van der Waals surface area contributed by atoms with E-state index in [2.05, 4.69) is 20.9 Å². The maximum Gasteiger partial charge on any atom is 0.416 e. The lowest BCUT2D eigenvalue weighted by atomic mass is 10.0. The summed E-state index contributed by atoms with van der Waals surface area (Å²) in [6.45, 7) is 1.94. The summed E-state index contributed by atoms with van der Waals surface area (Å²) in [6.07, 6.45) is -3.86. The monoisotopic (exact) mass is 463 g/mol. The van der Waals surface area contributed by atoms with E-state index in [0.717, 1.165) is 17.7 Å². The first-order valence-corrected chi connectivity index (χ1v) is 10.7. The molecule has 11 heteroatoms. The number of halogens is 3. The second kappa shape index (κ2) is 8.73. The Morgan fingerprint density at radius 2 is 1.97 bits per heavy atom. The van der Waals surface area contributed by atoms with Crippen LogP contribution in [0.1, 0.15) is 29.9 Å². The van der Waals surface area contributed by atoms with Crippen LogP contribution in [0.25, 0.3) is 0 Å². The molecule has 3 aromatic rings. The van der Waals surface area contributed by atoms with Gasteiger partial charge in [-0.2, -0.15) is 13.2 Å². The molecule has 0 fully saturated rings. The second-order valence-corrected chi connectivity index (χ2v) is 8.18. The van der Waals surface area contributed by atoms with Gasteiger partial charge in [0.2, 0.25) is 11.1 Å². The first kappa shape index (κ1) is 22.0. The minimum absolute atomic E-state index is 0.0696. The number of methoxy groups -OCH3 is 1. The molecule has 0 aliphatic carbocycles. The van der Waals surface area contributed by atoms with Gasteiger partial charge in [-0.1, -0.05) is 36.9 Å². The van der Waals surface area contributed by atoms with E-state index < -0.39 is 28.9 Å². The Balaban J connectivity index is 1.65.